The summed E-state index contributed by atoms with van der Waals surface area (Å²) < 4.78 is 19.4. The SMILES string of the molecule is Cl.Cl.NCCCNC(=O)C(c1ccccc1F)N1CCOCC1. The minimum Gasteiger partial charge on any atom is -0.379 e. The lowest BCUT2D eigenvalue weighted by Gasteiger charge is -2.33. The molecule has 1 aliphatic rings. The van der Waals surface area contributed by atoms with Gasteiger partial charge in [-0.3, -0.25) is 9.69 Å². The molecule has 1 atom stereocenters. The van der Waals surface area contributed by atoms with Crippen LogP contribution in [0.2, 0.25) is 0 Å². The quantitative estimate of drug-likeness (QED) is 0.747. The molecule has 23 heavy (non-hydrogen) atoms. The first-order valence-corrected chi connectivity index (χ1v) is 7.28. The van der Waals surface area contributed by atoms with Crippen molar-refractivity contribution < 1.29 is 13.9 Å². The zero-order chi connectivity index (χ0) is 15.1. The molecular formula is C15H24Cl2FN3O2. The number of rotatable bonds is 6. The van der Waals surface area contributed by atoms with Gasteiger partial charge < -0.3 is 15.8 Å². The Morgan fingerprint density at radius 3 is 2.57 bits per heavy atom. The minimum absolute atomic E-state index is 0. The van der Waals surface area contributed by atoms with E-state index in [1.54, 1.807) is 18.2 Å². The average molecular weight is 368 g/mol. The summed E-state index contributed by atoms with van der Waals surface area (Å²) >= 11 is 0. The third-order valence-electron chi connectivity index (χ3n) is 3.54. The second-order valence-corrected chi connectivity index (χ2v) is 5.01. The fourth-order valence-corrected chi connectivity index (χ4v) is 2.45. The fourth-order valence-electron chi connectivity index (χ4n) is 2.45. The Bertz CT molecular complexity index is 474. The largest absolute Gasteiger partial charge is 0.379 e. The number of benzene rings is 1. The zero-order valence-electron chi connectivity index (χ0n) is 12.9. The lowest BCUT2D eigenvalue weighted by molar-refractivity contribution is -0.128. The van der Waals surface area contributed by atoms with E-state index in [4.69, 9.17) is 10.5 Å². The van der Waals surface area contributed by atoms with Gasteiger partial charge in [0.1, 0.15) is 11.9 Å². The Kier molecular flexibility index (Phi) is 11.1. The van der Waals surface area contributed by atoms with Crippen molar-refractivity contribution in [1.82, 2.24) is 10.2 Å². The highest BCUT2D eigenvalue weighted by Crippen LogP contribution is 2.24. The molecule has 0 aliphatic carbocycles. The average Bonchev–Trinajstić information content (AvgIpc) is 2.51. The van der Waals surface area contributed by atoms with Gasteiger partial charge >= 0.3 is 0 Å². The first-order chi connectivity index (χ1) is 10.2. The van der Waals surface area contributed by atoms with E-state index in [2.05, 4.69) is 5.32 Å². The molecule has 0 radical (unpaired) electrons. The lowest BCUT2D eigenvalue weighted by atomic mass is 10.0. The molecule has 1 aromatic carbocycles. The van der Waals surface area contributed by atoms with Crippen molar-refractivity contribution in [3.63, 3.8) is 0 Å². The summed E-state index contributed by atoms with van der Waals surface area (Å²) in [5, 5.41) is 2.84. The summed E-state index contributed by atoms with van der Waals surface area (Å²) in [6.07, 6.45) is 0.707. The van der Waals surface area contributed by atoms with Crippen molar-refractivity contribution in [3.8, 4) is 0 Å². The first-order valence-electron chi connectivity index (χ1n) is 7.28. The maximum absolute atomic E-state index is 14.1. The molecule has 1 unspecified atom stereocenters. The number of halogens is 3. The smallest absolute Gasteiger partial charge is 0.242 e. The van der Waals surface area contributed by atoms with Crippen LogP contribution in [0.1, 0.15) is 18.0 Å². The van der Waals surface area contributed by atoms with Gasteiger partial charge in [-0.15, -0.1) is 24.8 Å². The second kappa shape index (κ2) is 11.6. The number of hydrogen-bond donors (Lipinski definition) is 2. The Labute approximate surface area is 148 Å². The molecule has 0 aromatic heterocycles. The number of morpholine rings is 1. The minimum atomic E-state index is -0.618. The van der Waals surface area contributed by atoms with Crippen LogP contribution in [0, 0.1) is 5.82 Å². The molecule has 1 fully saturated rings. The number of ether oxygens (including phenoxy) is 1. The predicted octanol–water partition coefficient (Wildman–Crippen LogP) is 1.51. The normalized spacial score (nSPS) is 15.9. The highest BCUT2D eigenvalue weighted by molar-refractivity contribution is 5.85. The molecule has 0 bridgehead atoms. The van der Waals surface area contributed by atoms with E-state index in [0.717, 1.165) is 0 Å². The van der Waals surface area contributed by atoms with Crippen molar-refractivity contribution in [2.45, 2.75) is 12.5 Å². The van der Waals surface area contributed by atoms with Crippen LogP contribution in [0.3, 0.4) is 0 Å². The van der Waals surface area contributed by atoms with Crippen molar-refractivity contribution >= 4 is 30.7 Å². The van der Waals surface area contributed by atoms with Crippen LogP contribution in [-0.2, 0) is 9.53 Å². The summed E-state index contributed by atoms with van der Waals surface area (Å²) in [7, 11) is 0. The van der Waals surface area contributed by atoms with Gasteiger partial charge in [-0.2, -0.15) is 0 Å². The number of nitrogens with one attached hydrogen (secondary N) is 1. The monoisotopic (exact) mass is 367 g/mol. The van der Waals surface area contributed by atoms with Crippen LogP contribution in [0.5, 0.6) is 0 Å². The van der Waals surface area contributed by atoms with Gasteiger partial charge in [-0.25, -0.2) is 4.39 Å². The van der Waals surface area contributed by atoms with Gasteiger partial charge in [-0.1, -0.05) is 18.2 Å². The van der Waals surface area contributed by atoms with Crippen molar-refractivity contribution in [3.05, 3.63) is 35.6 Å². The van der Waals surface area contributed by atoms with Crippen LogP contribution >= 0.6 is 24.8 Å². The molecule has 0 saturated carbocycles. The zero-order valence-corrected chi connectivity index (χ0v) is 14.5. The third-order valence-corrected chi connectivity index (χ3v) is 3.54. The maximum atomic E-state index is 14.1. The summed E-state index contributed by atoms with van der Waals surface area (Å²) in [6.45, 7) is 3.36. The van der Waals surface area contributed by atoms with Crippen LogP contribution in [0.25, 0.3) is 0 Å². The summed E-state index contributed by atoms with van der Waals surface area (Å²) in [6, 6.07) is 5.81. The number of nitrogens with zero attached hydrogens (tertiary/aromatic N) is 1. The van der Waals surface area contributed by atoms with E-state index >= 15 is 0 Å². The van der Waals surface area contributed by atoms with Crippen molar-refractivity contribution in [1.29, 1.82) is 0 Å². The Morgan fingerprint density at radius 1 is 1.30 bits per heavy atom. The van der Waals surface area contributed by atoms with Crippen molar-refractivity contribution in [2.75, 3.05) is 39.4 Å². The van der Waals surface area contributed by atoms with E-state index in [1.807, 2.05) is 4.90 Å². The van der Waals surface area contributed by atoms with E-state index in [-0.39, 0.29) is 36.5 Å². The number of carbonyl (C=O) groups excluding carboxylic acids is 1. The molecule has 1 saturated heterocycles. The van der Waals surface area contributed by atoms with Gasteiger partial charge in [0.2, 0.25) is 5.91 Å². The molecule has 8 heteroatoms. The van der Waals surface area contributed by atoms with Crippen LogP contribution < -0.4 is 11.1 Å². The number of amides is 1. The standard InChI is InChI=1S/C15H22FN3O2.2ClH/c16-13-5-2-1-4-12(13)14(15(20)18-7-3-6-17)19-8-10-21-11-9-19;;/h1-2,4-5,14H,3,6-11,17H2,(H,18,20);2*1H. The number of nitrogens with two attached hydrogens (primary N) is 1. The Hall–Kier alpha value is -0.920. The van der Waals surface area contributed by atoms with Crippen LogP contribution in [-0.4, -0.2) is 50.2 Å². The molecule has 132 valence electrons. The third kappa shape index (κ3) is 6.24. The van der Waals surface area contributed by atoms with Gasteiger partial charge in [0, 0.05) is 25.2 Å². The molecule has 1 aliphatic heterocycles. The molecule has 0 spiro atoms. The maximum Gasteiger partial charge on any atom is 0.242 e. The highest BCUT2D eigenvalue weighted by atomic mass is 35.5. The van der Waals surface area contributed by atoms with Crippen molar-refractivity contribution in [2.24, 2.45) is 5.73 Å². The van der Waals surface area contributed by atoms with E-state index in [9.17, 15) is 9.18 Å². The van der Waals surface area contributed by atoms with Gasteiger partial charge in [0.05, 0.1) is 13.2 Å². The van der Waals surface area contributed by atoms with E-state index < -0.39 is 6.04 Å². The summed E-state index contributed by atoms with van der Waals surface area (Å²) in [5.74, 6) is -0.543. The molecule has 1 amide bonds. The second-order valence-electron chi connectivity index (χ2n) is 5.01. The van der Waals surface area contributed by atoms with Gasteiger partial charge in [0.15, 0.2) is 0 Å². The summed E-state index contributed by atoms with van der Waals surface area (Å²) in [5.41, 5.74) is 5.84. The molecule has 2 rings (SSSR count). The molecule has 5 nitrogen and oxygen atoms in total. The van der Waals surface area contributed by atoms with Gasteiger partial charge in [-0.05, 0) is 19.0 Å². The lowest BCUT2D eigenvalue weighted by Crippen LogP contribution is -2.46. The molecule has 1 aromatic rings. The van der Waals surface area contributed by atoms with Crippen LogP contribution in [0.4, 0.5) is 4.39 Å². The number of hydrogen-bond acceptors (Lipinski definition) is 4. The van der Waals surface area contributed by atoms with Gasteiger partial charge in [0.25, 0.3) is 0 Å². The predicted molar refractivity (Wildman–Crippen MR) is 92.7 cm³/mol. The Morgan fingerprint density at radius 2 is 1.96 bits per heavy atom. The summed E-state index contributed by atoms with van der Waals surface area (Å²) in [4.78, 5) is 14.4. The molecular weight excluding hydrogens is 344 g/mol. The Balaban J connectivity index is 0.00000242. The van der Waals surface area contributed by atoms with E-state index in [0.29, 0.717) is 51.4 Å². The molecule has 1 heterocycles. The molecule has 3 N–H and O–H groups in total. The van der Waals surface area contributed by atoms with E-state index in [1.165, 1.54) is 6.07 Å². The number of carbonyl (C=O) groups is 1. The highest BCUT2D eigenvalue weighted by Gasteiger charge is 2.30. The topological polar surface area (TPSA) is 67.6 Å². The first kappa shape index (κ1) is 22.1. The van der Waals surface area contributed by atoms with Crippen LogP contribution in [0.15, 0.2) is 24.3 Å². The fraction of sp³-hybridized carbons (Fsp3) is 0.533.